The number of anilines is 1. The number of carbonyl (C=O) groups is 2. The van der Waals surface area contributed by atoms with Gasteiger partial charge in [-0.15, -0.1) is 11.3 Å². The van der Waals surface area contributed by atoms with Crippen molar-refractivity contribution >= 4 is 50.9 Å². The van der Waals surface area contributed by atoms with Crippen molar-refractivity contribution < 1.29 is 14.3 Å². The molecule has 0 aliphatic carbocycles. The van der Waals surface area contributed by atoms with Gasteiger partial charge in [-0.05, 0) is 61.7 Å². The topological polar surface area (TPSA) is 90.3 Å². The molecule has 0 fully saturated rings. The van der Waals surface area contributed by atoms with Gasteiger partial charge in [-0.25, -0.2) is 9.78 Å². The minimum Gasteiger partial charge on any atom is -0.462 e. The van der Waals surface area contributed by atoms with Crippen LogP contribution in [-0.4, -0.2) is 33.8 Å². The molecular weight excluding hydrogens is 542 g/mol. The van der Waals surface area contributed by atoms with Crippen LogP contribution in [0.2, 0.25) is 0 Å². The number of thioether (sulfide) groups is 1. The molecule has 2 aromatic heterocycles. The van der Waals surface area contributed by atoms with E-state index < -0.39 is 5.97 Å². The monoisotopic (exact) mass is 569 g/mol. The SMILES string of the molecule is CCOC(=O)c1c(-c2ccc(C)c(C)c2)csc1NC(=O)CSc1nc2ccccc2c(=O)n1-c1ccccc1. The lowest BCUT2D eigenvalue weighted by Crippen LogP contribution is -2.23. The molecule has 1 amide bonds. The number of hydrogen-bond acceptors (Lipinski definition) is 7. The largest absolute Gasteiger partial charge is 0.462 e. The molecular formula is C31H27N3O4S2. The molecule has 0 bridgehead atoms. The van der Waals surface area contributed by atoms with Gasteiger partial charge >= 0.3 is 5.97 Å². The van der Waals surface area contributed by atoms with Crippen molar-refractivity contribution in [2.45, 2.75) is 25.9 Å². The van der Waals surface area contributed by atoms with Crippen molar-refractivity contribution in [1.82, 2.24) is 9.55 Å². The number of fused-ring (bicyclic) bond motifs is 1. The summed E-state index contributed by atoms with van der Waals surface area (Å²) in [5.74, 6) is -0.836. The predicted molar refractivity (Wildman–Crippen MR) is 162 cm³/mol. The van der Waals surface area contributed by atoms with Crippen LogP contribution in [0, 0.1) is 13.8 Å². The number of carbonyl (C=O) groups excluding carboxylic acids is 2. The number of benzene rings is 3. The quantitative estimate of drug-likeness (QED) is 0.128. The van der Waals surface area contributed by atoms with E-state index in [1.807, 2.05) is 73.8 Å². The van der Waals surface area contributed by atoms with Gasteiger partial charge in [0, 0.05) is 10.9 Å². The maximum atomic E-state index is 13.4. The van der Waals surface area contributed by atoms with Crippen LogP contribution in [0.3, 0.4) is 0 Å². The van der Waals surface area contributed by atoms with E-state index >= 15 is 0 Å². The molecule has 1 N–H and O–H groups in total. The molecule has 0 saturated heterocycles. The van der Waals surface area contributed by atoms with Crippen molar-refractivity contribution in [3.05, 3.63) is 105 Å². The zero-order chi connectivity index (χ0) is 28.2. The summed E-state index contributed by atoms with van der Waals surface area (Å²) in [5, 5.41) is 6.07. The number of ether oxygens (including phenoxy) is 1. The molecule has 5 aromatic rings. The molecule has 9 heteroatoms. The maximum Gasteiger partial charge on any atom is 0.341 e. The highest BCUT2D eigenvalue weighted by atomic mass is 32.2. The van der Waals surface area contributed by atoms with Gasteiger partial charge in [0.2, 0.25) is 5.91 Å². The van der Waals surface area contributed by atoms with E-state index in [9.17, 15) is 14.4 Å². The highest BCUT2D eigenvalue weighted by Gasteiger charge is 2.23. The average Bonchev–Trinajstić information content (AvgIpc) is 3.37. The van der Waals surface area contributed by atoms with Crippen LogP contribution in [0.5, 0.6) is 0 Å². The van der Waals surface area contributed by atoms with Crippen LogP contribution >= 0.6 is 23.1 Å². The van der Waals surface area contributed by atoms with Crippen molar-refractivity contribution in [1.29, 1.82) is 0 Å². The number of aryl methyl sites for hydroxylation is 2. The van der Waals surface area contributed by atoms with E-state index in [1.165, 1.54) is 15.9 Å². The van der Waals surface area contributed by atoms with Crippen LogP contribution in [0.4, 0.5) is 5.00 Å². The Morgan fingerprint density at radius 3 is 2.50 bits per heavy atom. The van der Waals surface area contributed by atoms with E-state index in [4.69, 9.17) is 9.72 Å². The lowest BCUT2D eigenvalue weighted by atomic mass is 9.99. The standard InChI is InChI=1S/C31H27N3O4S2/c1-4-38-30(37)27-24(21-15-14-19(2)20(3)16-21)17-39-28(27)33-26(35)18-40-31-32-25-13-9-8-12-23(25)29(36)34(31)22-10-6-5-7-11-22/h5-17H,4,18H2,1-3H3,(H,33,35). The second-order valence-electron chi connectivity index (χ2n) is 9.10. The minimum absolute atomic E-state index is 0.0171. The van der Waals surface area contributed by atoms with E-state index in [2.05, 4.69) is 5.32 Å². The zero-order valence-electron chi connectivity index (χ0n) is 22.3. The first kappa shape index (κ1) is 27.4. The fourth-order valence-corrected chi connectivity index (χ4v) is 6.07. The summed E-state index contributed by atoms with van der Waals surface area (Å²) in [6.45, 7) is 6.02. The Balaban J connectivity index is 1.44. The Kier molecular flexibility index (Phi) is 8.14. The predicted octanol–water partition coefficient (Wildman–Crippen LogP) is 6.64. The van der Waals surface area contributed by atoms with E-state index in [0.717, 1.165) is 28.5 Å². The third-order valence-corrected chi connectivity index (χ3v) is 8.27. The number of para-hydroxylation sites is 2. The van der Waals surface area contributed by atoms with Crippen molar-refractivity contribution in [2.24, 2.45) is 0 Å². The van der Waals surface area contributed by atoms with Gasteiger partial charge < -0.3 is 10.1 Å². The third kappa shape index (κ3) is 5.57. The van der Waals surface area contributed by atoms with Crippen LogP contribution in [0.1, 0.15) is 28.4 Å². The van der Waals surface area contributed by atoms with Crippen LogP contribution in [0.15, 0.2) is 88.1 Å². The van der Waals surface area contributed by atoms with Crippen LogP contribution in [0.25, 0.3) is 27.7 Å². The Bertz CT molecular complexity index is 1780. The first-order chi connectivity index (χ1) is 19.4. The summed E-state index contributed by atoms with van der Waals surface area (Å²) in [6.07, 6.45) is 0. The summed E-state index contributed by atoms with van der Waals surface area (Å²) >= 11 is 2.43. The second-order valence-corrected chi connectivity index (χ2v) is 10.9. The molecule has 5 rings (SSSR count). The lowest BCUT2D eigenvalue weighted by molar-refractivity contribution is -0.113. The Morgan fingerprint density at radius 1 is 1.00 bits per heavy atom. The lowest BCUT2D eigenvalue weighted by Gasteiger charge is -2.13. The van der Waals surface area contributed by atoms with Gasteiger partial charge in [-0.2, -0.15) is 0 Å². The zero-order valence-corrected chi connectivity index (χ0v) is 23.9. The molecule has 0 saturated carbocycles. The van der Waals surface area contributed by atoms with E-state index in [0.29, 0.717) is 37.9 Å². The number of hydrogen-bond donors (Lipinski definition) is 1. The highest BCUT2D eigenvalue weighted by molar-refractivity contribution is 7.99. The maximum absolute atomic E-state index is 13.4. The Hall–Kier alpha value is -4.21. The van der Waals surface area contributed by atoms with Crippen molar-refractivity contribution in [2.75, 3.05) is 17.7 Å². The first-order valence-corrected chi connectivity index (χ1v) is 14.6. The van der Waals surface area contributed by atoms with Gasteiger partial charge in [-0.3, -0.25) is 14.2 Å². The fourth-order valence-electron chi connectivity index (χ4n) is 4.28. The number of amides is 1. The summed E-state index contributed by atoms with van der Waals surface area (Å²) in [4.78, 5) is 44.2. The number of nitrogens with one attached hydrogen (secondary N) is 1. The minimum atomic E-state index is -0.492. The average molecular weight is 570 g/mol. The Labute approximate surface area is 239 Å². The van der Waals surface area contributed by atoms with E-state index in [-0.39, 0.29) is 23.8 Å². The van der Waals surface area contributed by atoms with Gasteiger partial charge in [0.25, 0.3) is 5.56 Å². The fraction of sp³-hybridized carbons (Fsp3) is 0.161. The van der Waals surface area contributed by atoms with Gasteiger partial charge in [0.15, 0.2) is 5.16 Å². The number of thiophene rings is 1. The van der Waals surface area contributed by atoms with Crippen molar-refractivity contribution in [3.63, 3.8) is 0 Å². The summed E-state index contributed by atoms with van der Waals surface area (Å²) in [7, 11) is 0. The third-order valence-electron chi connectivity index (χ3n) is 6.43. The first-order valence-electron chi connectivity index (χ1n) is 12.7. The molecule has 3 aromatic carbocycles. The van der Waals surface area contributed by atoms with Gasteiger partial charge in [0.1, 0.15) is 10.6 Å². The molecule has 202 valence electrons. The summed E-state index contributed by atoms with van der Waals surface area (Å²) < 4.78 is 6.86. The molecule has 0 unspecified atom stereocenters. The molecule has 0 radical (unpaired) electrons. The molecule has 40 heavy (non-hydrogen) atoms. The molecule has 0 atom stereocenters. The van der Waals surface area contributed by atoms with Crippen LogP contribution < -0.4 is 10.9 Å². The second kappa shape index (κ2) is 11.9. The molecule has 0 aliphatic heterocycles. The van der Waals surface area contributed by atoms with Gasteiger partial charge in [0.05, 0.1) is 29.0 Å². The summed E-state index contributed by atoms with van der Waals surface area (Å²) in [6, 6.07) is 22.4. The highest BCUT2D eigenvalue weighted by Crippen LogP contribution is 2.37. The van der Waals surface area contributed by atoms with Crippen molar-refractivity contribution in [3.8, 4) is 16.8 Å². The van der Waals surface area contributed by atoms with Crippen LogP contribution in [-0.2, 0) is 9.53 Å². The number of nitrogens with zero attached hydrogens (tertiary/aromatic N) is 2. The van der Waals surface area contributed by atoms with E-state index in [1.54, 1.807) is 25.1 Å². The number of rotatable bonds is 8. The molecule has 0 aliphatic rings. The number of aromatic nitrogens is 2. The summed E-state index contributed by atoms with van der Waals surface area (Å²) in [5.41, 5.74) is 5.19. The number of esters is 1. The normalized spacial score (nSPS) is 11.0. The smallest absolute Gasteiger partial charge is 0.341 e. The molecule has 2 heterocycles. The molecule has 7 nitrogen and oxygen atoms in total. The van der Waals surface area contributed by atoms with Gasteiger partial charge in [-0.1, -0.05) is 60.3 Å². The Morgan fingerprint density at radius 2 is 1.75 bits per heavy atom. The molecule has 0 spiro atoms.